The maximum absolute atomic E-state index is 13.9. The van der Waals surface area contributed by atoms with E-state index in [2.05, 4.69) is 34.7 Å². The number of benzene rings is 2. The van der Waals surface area contributed by atoms with Gasteiger partial charge in [-0.2, -0.15) is 0 Å². The molecule has 0 unspecified atom stereocenters. The van der Waals surface area contributed by atoms with E-state index in [4.69, 9.17) is 9.47 Å². The molecular weight excluding hydrogens is 416 g/mol. The van der Waals surface area contributed by atoms with Crippen molar-refractivity contribution in [3.63, 3.8) is 0 Å². The monoisotopic (exact) mass is 445 g/mol. The topological polar surface area (TPSA) is 62.8 Å². The molecule has 2 amide bonds. The van der Waals surface area contributed by atoms with E-state index in [0.717, 1.165) is 44.4 Å². The summed E-state index contributed by atoms with van der Waals surface area (Å²) in [5.74, 6) is -0.0625. The van der Waals surface area contributed by atoms with Crippen LogP contribution in [0.4, 0.5) is 19.3 Å². The first kappa shape index (κ1) is 22.3. The molecule has 0 spiro atoms. The number of amides is 2. The van der Waals surface area contributed by atoms with E-state index in [1.165, 1.54) is 11.6 Å². The molecule has 8 heteroatoms. The number of halogens is 2. The number of hydrogen-bond donors (Lipinski definition) is 2. The Hall–Kier alpha value is -2.87. The second kappa shape index (κ2) is 8.94. The minimum Gasteiger partial charge on any atom is -0.493 e. The van der Waals surface area contributed by atoms with Gasteiger partial charge in [0, 0.05) is 23.6 Å². The van der Waals surface area contributed by atoms with Gasteiger partial charge in [-0.1, -0.05) is 6.07 Å². The number of urea groups is 1. The van der Waals surface area contributed by atoms with E-state index in [-0.39, 0.29) is 23.2 Å². The minimum absolute atomic E-state index is 0.0218. The van der Waals surface area contributed by atoms with E-state index < -0.39 is 17.7 Å². The fourth-order valence-electron chi connectivity index (χ4n) is 5.33. The summed E-state index contributed by atoms with van der Waals surface area (Å²) in [6.45, 7) is 0.971. The van der Waals surface area contributed by atoms with Crippen LogP contribution in [0.1, 0.15) is 31.2 Å². The van der Waals surface area contributed by atoms with Crippen LogP contribution in [0.3, 0.4) is 0 Å². The lowest BCUT2D eigenvalue weighted by molar-refractivity contribution is 0.156. The largest absolute Gasteiger partial charge is 0.493 e. The number of rotatable bonds is 5. The van der Waals surface area contributed by atoms with E-state index in [1.807, 2.05) is 6.07 Å². The summed E-state index contributed by atoms with van der Waals surface area (Å²) in [6.07, 6.45) is 3.53. The van der Waals surface area contributed by atoms with Crippen molar-refractivity contribution in [3.8, 4) is 11.5 Å². The first-order valence-corrected chi connectivity index (χ1v) is 10.8. The smallest absolute Gasteiger partial charge is 0.319 e. The first-order valence-electron chi connectivity index (χ1n) is 10.8. The molecule has 1 aliphatic carbocycles. The highest BCUT2D eigenvalue weighted by Crippen LogP contribution is 2.49. The average molecular weight is 446 g/mol. The SMILES string of the molecule is COc1ccc([C@@]23CC[C@H](NC(=O)Nc4ccc(F)cc4F)C[C@H]2N(C)CC3)cc1OC. The van der Waals surface area contributed by atoms with Crippen molar-refractivity contribution in [2.24, 2.45) is 0 Å². The van der Waals surface area contributed by atoms with Gasteiger partial charge in [0.05, 0.1) is 19.9 Å². The molecule has 1 saturated heterocycles. The van der Waals surface area contributed by atoms with E-state index >= 15 is 0 Å². The summed E-state index contributed by atoms with van der Waals surface area (Å²) < 4.78 is 37.9. The van der Waals surface area contributed by atoms with E-state index in [0.29, 0.717) is 11.5 Å². The molecule has 2 aromatic rings. The van der Waals surface area contributed by atoms with Crippen LogP contribution in [0.5, 0.6) is 11.5 Å². The van der Waals surface area contributed by atoms with Gasteiger partial charge in [-0.05, 0) is 69.1 Å². The second-order valence-electron chi connectivity index (χ2n) is 8.67. The van der Waals surface area contributed by atoms with Gasteiger partial charge in [0.15, 0.2) is 11.5 Å². The number of carbonyl (C=O) groups is 1. The Labute approximate surface area is 186 Å². The van der Waals surface area contributed by atoms with Crippen molar-refractivity contribution in [2.75, 3.05) is 33.1 Å². The Bertz CT molecular complexity index is 1000. The lowest BCUT2D eigenvalue weighted by atomic mass is 9.65. The second-order valence-corrected chi connectivity index (χ2v) is 8.67. The van der Waals surface area contributed by atoms with Crippen molar-refractivity contribution in [2.45, 2.75) is 43.2 Å². The number of anilines is 1. The molecule has 2 fully saturated rings. The molecule has 6 nitrogen and oxygen atoms in total. The maximum atomic E-state index is 13.9. The Morgan fingerprint density at radius 1 is 1.09 bits per heavy atom. The third-order valence-corrected chi connectivity index (χ3v) is 7.00. The summed E-state index contributed by atoms with van der Waals surface area (Å²) in [5, 5.41) is 5.46. The van der Waals surface area contributed by atoms with Crippen molar-refractivity contribution < 1.29 is 23.0 Å². The molecule has 32 heavy (non-hydrogen) atoms. The van der Waals surface area contributed by atoms with Crippen LogP contribution in [-0.2, 0) is 5.41 Å². The molecule has 2 aliphatic rings. The number of methoxy groups -OCH3 is 2. The first-order chi connectivity index (χ1) is 15.4. The molecule has 2 N–H and O–H groups in total. The van der Waals surface area contributed by atoms with Crippen LogP contribution >= 0.6 is 0 Å². The number of hydrogen-bond acceptors (Lipinski definition) is 4. The maximum Gasteiger partial charge on any atom is 0.319 e. The lowest BCUT2D eigenvalue weighted by Crippen LogP contribution is -2.52. The zero-order valence-corrected chi connectivity index (χ0v) is 18.6. The highest BCUT2D eigenvalue weighted by molar-refractivity contribution is 5.89. The van der Waals surface area contributed by atoms with Crippen molar-refractivity contribution in [1.82, 2.24) is 10.2 Å². The van der Waals surface area contributed by atoms with E-state index in [1.54, 1.807) is 14.2 Å². The number of likely N-dealkylation sites (tertiary alicyclic amines) is 1. The molecule has 1 heterocycles. The Balaban J connectivity index is 1.48. The number of ether oxygens (including phenoxy) is 2. The zero-order chi connectivity index (χ0) is 22.9. The number of nitrogens with one attached hydrogen (secondary N) is 2. The molecule has 2 aromatic carbocycles. The van der Waals surface area contributed by atoms with Gasteiger partial charge in [0.1, 0.15) is 11.6 Å². The molecule has 3 atom stereocenters. The molecule has 1 aliphatic heterocycles. The fraction of sp³-hybridized carbons (Fsp3) is 0.458. The average Bonchev–Trinajstić information content (AvgIpc) is 3.12. The van der Waals surface area contributed by atoms with Gasteiger partial charge in [0.25, 0.3) is 0 Å². The molecule has 0 bridgehead atoms. The molecule has 172 valence electrons. The highest BCUT2D eigenvalue weighted by Gasteiger charge is 2.50. The van der Waals surface area contributed by atoms with Gasteiger partial charge >= 0.3 is 6.03 Å². The molecular formula is C24H29F2N3O3. The van der Waals surface area contributed by atoms with Gasteiger partial charge in [-0.25, -0.2) is 13.6 Å². The predicted molar refractivity (Wildman–Crippen MR) is 118 cm³/mol. The minimum atomic E-state index is -0.799. The lowest BCUT2D eigenvalue weighted by Gasteiger charge is -2.45. The molecule has 4 rings (SSSR count). The summed E-state index contributed by atoms with van der Waals surface area (Å²) in [6, 6.07) is 8.95. The number of likely N-dealkylation sites (N-methyl/N-ethyl adjacent to an activating group) is 1. The summed E-state index contributed by atoms with van der Waals surface area (Å²) in [7, 11) is 5.38. The number of carbonyl (C=O) groups excluding carboxylic acids is 1. The quantitative estimate of drug-likeness (QED) is 0.721. The van der Waals surface area contributed by atoms with E-state index in [9.17, 15) is 13.6 Å². The zero-order valence-electron chi connectivity index (χ0n) is 18.6. The number of fused-ring (bicyclic) bond motifs is 1. The predicted octanol–water partition coefficient (Wildman–Crippen LogP) is 4.30. The van der Waals surface area contributed by atoms with Crippen LogP contribution in [0.2, 0.25) is 0 Å². The molecule has 1 saturated carbocycles. The Morgan fingerprint density at radius 3 is 2.59 bits per heavy atom. The van der Waals surface area contributed by atoms with Gasteiger partial charge in [-0.3, -0.25) is 0 Å². The summed E-state index contributed by atoms with van der Waals surface area (Å²) in [4.78, 5) is 14.8. The van der Waals surface area contributed by atoms with Crippen LogP contribution in [-0.4, -0.2) is 50.8 Å². The Morgan fingerprint density at radius 2 is 1.88 bits per heavy atom. The molecule has 0 aromatic heterocycles. The Kier molecular flexibility index (Phi) is 6.24. The standard InChI is InChI=1S/C24H29F2N3O3/c1-29-11-10-24(15-4-7-20(31-2)21(12-15)32-3)9-8-17(14-22(24)29)27-23(30)28-19-6-5-16(25)13-18(19)26/h4-7,12-13,17,22H,8-11,14H2,1-3H3,(H2,27,28,30)/t17-,22+,24-/m0/s1. The van der Waals surface area contributed by atoms with Crippen LogP contribution in [0, 0.1) is 11.6 Å². The third-order valence-electron chi connectivity index (χ3n) is 7.00. The highest BCUT2D eigenvalue weighted by atomic mass is 19.1. The third kappa shape index (κ3) is 4.11. The van der Waals surface area contributed by atoms with Crippen molar-refractivity contribution in [3.05, 3.63) is 53.6 Å². The number of nitrogens with zero attached hydrogens (tertiary/aromatic N) is 1. The summed E-state index contributed by atoms with van der Waals surface area (Å²) >= 11 is 0. The fourth-order valence-corrected chi connectivity index (χ4v) is 5.33. The van der Waals surface area contributed by atoms with Crippen LogP contribution in [0.25, 0.3) is 0 Å². The van der Waals surface area contributed by atoms with Gasteiger partial charge < -0.3 is 25.0 Å². The molecule has 0 radical (unpaired) electrons. The summed E-state index contributed by atoms with van der Waals surface area (Å²) in [5.41, 5.74) is 1.16. The van der Waals surface area contributed by atoms with Crippen LogP contribution < -0.4 is 20.1 Å². The van der Waals surface area contributed by atoms with Gasteiger partial charge in [-0.15, -0.1) is 0 Å². The van der Waals surface area contributed by atoms with Crippen molar-refractivity contribution >= 4 is 11.7 Å². The van der Waals surface area contributed by atoms with Crippen molar-refractivity contribution in [1.29, 1.82) is 0 Å². The van der Waals surface area contributed by atoms with Crippen LogP contribution in [0.15, 0.2) is 36.4 Å². The van der Waals surface area contributed by atoms with Gasteiger partial charge in [0.2, 0.25) is 0 Å². The normalized spacial score (nSPS) is 25.2.